The van der Waals surface area contributed by atoms with Crippen molar-refractivity contribution in [2.24, 2.45) is 0 Å². The maximum Gasteiger partial charge on any atom is 0.218 e. The van der Waals surface area contributed by atoms with Gasteiger partial charge in [-0.3, -0.25) is 0 Å². The highest BCUT2D eigenvalue weighted by Crippen LogP contribution is 2.16. The lowest BCUT2D eigenvalue weighted by molar-refractivity contribution is 0.300. The van der Waals surface area contributed by atoms with Crippen molar-refractivity contribution < 1.29 is 9.13 Å². The summed E-state index contributed by atoms with van der Waals surface area (Å²) in [6, 6.07) is 1.46. The van der Waals surface area contributed by atoms with Gasteiger partial charge in [0.15, 0.2) is 0 Å². The van der Waals surface area contributed by atoms with Crippen molar-refractivity contribution >= 4 is 0 Å². The molecule has 0 amide bonds. The van der Waals surface area contributed by atoms with Gasteiger partial charge in [-0.25, -0.2) is 9.37 Å². The SMILES string of the molecule is CCCOc1ncc(F)cc1CNCC. The fraction of sp³-hybridized carbons (Fsp3) is 0.545. The monoisotopic (exact) mass is 212 g/mol. The average Bonchev–Trinajstić information content (AvgIpc) is 2.25. The highest BCUT2D eigenvalue weighted by Gasteiger charge is 2.06. The summed E-state index contributed by atoms with van der Waals surface area (Å²) in [7, 11) is 0. The Morgan fingerprint density at radius 1 is 1.47 bits per heavy atom. The van der Waals surface area contributed by atoms with Gasteiger partial charge in [-0.2, -0.15) is 0 Å². The van der Waals surface area contributed by atoms with E-state index < -0.39 is 0 Å². The second-order valence-electron chi connectivity index (χ2n) is 3.25. The second kappa shape index (κ2) is 6.35. The summed E-state index contributed by atoms with van der Waals surface area (Å²) in [5.74, 6) is 0.200. The Morgan fingerprint density at radius 3 is 2.93 bits per heavy atom. The average molecular weight is 212 g/mol. The van der Waals surface area contributed by atoms with Crippen molar-refractivity contribution in [3.8, 4) is 5.88 Å². The molecule has 0 atom stereocenters. The predicted molar refractivity (Wildman–Crippen MR) is 57.4 cm³/mol. The first-order valence-electron chi connectivity index (χ1n) is 5.25. The lowest BCUT2D eigenvalue weighted by atomic mass is 10.2. The molecule has 4 heteroatoms. The van der Waals surface area contributed by atoms with E-state index in [1.165, 1.54) is 12.3 Å². The van der Waals surface area contributed by atoms with Crippen molar-refractivity contribution in [2.75, 3.05) is 13.2 Å². The van der Waals surface area contributed by atoms with Crippen LogP contribution in [0.2, 0.25) is 0 Å². The van der Waals surface area contributed by atoms with Crippen LogP contribution in [-0.4, -0.2) is 18.1 Å². The molecule has 0 spiro atoms. The van der Waals surface area contributed by atoms with Gasteiger partial charge in [0.1, 0.15) is 5.82 Å². The van der Waals surface area contributed by atoms with Crippen LogP contribution in [-0.2, 0) is 6.54 Å². The molecule has 1 heterocycles. The van der Waals surface area contributed by atoms with Crippen molar-refractivity contribution in [1.29, 1.82) is 0 Å². The van der Waals surface area contributed by atoms with E-state index in [9.17, 15) is 4.39 Å². The standard InChI is InChI=1S/C11H17FN2O/c1-3-5-15-11-9(7-13-4-2)6-10(12)8-14-11/h6,8,13H,3-5,7H2,1-2H3. The van der Waals surface area contributed by atoms with E-state index in [1.807, 2.05) is 13.8 Å². The van der Waals surface area contributed by atoms with E-state index in [0.717, 1.165) is 18.5 Å². The Hall–Kier alpha value is -1.16. The largest absolute Gasteiger partial charge is 0.477 e. The van der Waals surface area contributed by atoms with E-state index in [1.54, 1.807) is 0 Å². The minimum absolute atomic E-state index is 0.327. The maximum atomic E-state index is 13.0. The summed E-state index contributed by atoms with van der Waals surface area (Å²) in [5.41, 5.74) is 0.769. The van der Waals surface area contributed by atoms with Crippen LogP contribution in [0.15, 0.2) is 12.3 Å². The molecule has 0 fully saturated rings. The molecule has 15 heavy (non-hydrogen) atoms. The molecule has 0 aliphatic carbocycles. The fourth-order valence-electron chi connectivity index (χ4n) is 1.18. The maximum absolute atomic E-state index is 13.0. The van der Waals surface area contributed by atoms with Gasteiger partial charge >= 0.3 is 0 Å². The van der Waals surface area contributed by atoms with E-state index in [2.05, 4.69) is 10.3 Å². The smallest absolute Gasteiger partial charge is 0.218 e. The van der Waals surface area contributed by atoms with E-state index >= 15 is 0 Å². The lowest BCUT2D eigenvalue weighted by Gasteiger charge is -2.09. The molecule has 0 radical (unpaired) electrons. The van der Waals surface area contributed by atoms with Gasteiger partial charge in [-0.15, -0.1) is 0 Å². The minimum Gasteiger partial charge on any atom is -0.477 e. The van der Waals surface area contributed by atoms with Crippen molar-refractivity contribution in [2.45, 2.75) is 26.8 Å². The number of pyridine rings is 1. The van der Waals surface area contributed by atoms with Crippen LogP contribution in [0.4, 0.5) is 4.39 Å². The normalized spacial score (nSPS) is 10.3. The van der Waals surface area contributed by atoms with Gasteiger partial charge in [0.25, 0.3) is 0 Å². The van der Waals surface area contributed by atoms with E-state index in [4.69, 9.17) is 4.74 Å². The molecule has 0 unspecified atom stereocenters. The van der Waals surface area contributed by atoms with Gasteiger partial charge < -0.3 is 10.1 Å². The first kappa shape index (κ1) is 11.9. The fourth-order valence-corrected chi connectivity index (χ4v) is 1.18. The summed E-state index contributed by atoms with van der Waals surface area (Å²) in [6.45, 7) is 6.05. The Kier molecular flexibility index (Phi) is 5.04. The number of ether oxygens (including phenoxy) is 1. The van der Waals surface area contributed by atoms with E-state index in [0.29, 0.717) is 19.0 Å². The van der Waals surface area contributed by atoms with Crippen LogP contribution in [0.3, 0.4) is 0 Å². The van der Waals surface area contributed by atoms with Crippen LogP contribution in [0.1, 0.15) is 25.8 Å². The molecule has 0 bridgehead atoms. The topological polar surface area (TPSA) is 34.1 Å². The van der Waals surface area contributed by atoms with Gasteiger partial charge in [-0.1, -0.05) is 13.8 Å². The summed E-state index contributed by atoms with van der Waals surface area (Å²) in [6.07, 6.45) is 2.10. The van der Waals surface area contributed by atoms with Crippen LogP contribution in [0, 0.1) is 5.82 Å². The van der Waals surface area contributed by atoms with Crippen LogP contribution in [0.25, 0.3) is 0 Å². The van der Waals surface area contributed by atoms with Crippen LogP contribution < -0.4 is 10.1 Å². The Balaban J connectivity index is 2.73. The van der Waals surface area contributed by atoms with Gasteiger partial charge in [0.05, 0.1) is 12.8 Å². The lowest BCUT2D eigenvalue weighted by Crippen LogP contribution is -2.14. The number of aromatic nitrogens is 1. The van der Waals surface area contributed by atoms with Crippen LogP contribution >= 0.6 is 0 Å². The van der Waals surface area contributed by atoms with Gasteiger partial charge in [0.2, 0.25) is 5.88 Å². The quantitative estimate of drug-likeness (QED) is 0.784. The zero-order valence-electron chi connectivity index (χ0n) is 9.22. The summed E-state index contributed by atoms with van der Waals surface area (Å²) in [5, 5.41) is 3.12. The Labute approximate surface area is 89.7 Å². The third-order valence-corrected chi connectivity index (χ3v) is 1.90. The molecule has 1 aromatic rings. The minimum atomic E-state index is -0.327. The van der Waals surface area contributed by atoms with Crippen molar-refractivity contribution in [3.05, 3.63) is 23.6 Å². The molecule has 0 aliphatic rings. The molecule has 3 nitrogen and oxygen atoms in total. The first-order chi connectivity index (χ1) is 7.27. The first-order valence-corrected chi connectivity index (χ1v) is 5.25. The number of halogens is 1. The molecule has 0 aromatic carbocycles. The third-order valence-electron chi connectivity index (χ3n) is 1.90. The zero-order valence-corrected chi connectivity index (χ0v) is 9.22. The summed E-state index contributed by atoms with van der Waals surface area (Å²) >= 11 is 0. The van der Waals surface area contributed by atoms with E-state index in [-0.39, 0.29) is 5.82 Å². The number of rotatable bonds is 6. The van der Waals surface area contributed by atoms with Gasteiger partial charge in [-0.05, 0) is 19.0 Å². The second-order valence-corrected chi connectivity index (χ2v) is 3.25. The molecule has 1 rings (SSSR count). The molecule has 0 aliphatic heterocycles. The molecule has 84 valence electrons. The van der Waals surface area contributed by atoms with Gasteiger partial charge in [0, 0.05) is 12.1 Å². The zero-order chi connectivity index (χ0) is 11.1. The molecule has 1 N–H and O–H groups in total. The number of hydrogen-bond donors (Lipinski definition) is 1. The molecular weight excluding hydrogens is 195 g/mol. The Morgan fingerprint density at radius 2 is 2.27 bits per heavy atom. The number of hydrogen-bond acceptors (Lipinski definition) is 3. The number of nitrogens with one attached hydrogen (secondary N) is 1. The van der Waals surface area contributed by atoms with Crippen molar-refractivity contribution in [1.82, 2.24) is 10.3 Å². The summed E-state index contributed by atoms with van der Waals surface area (Å²) < 4.78 is 18.4. The molecule has 0 saturated heterocycles. The molecular formula is C11H17FN2O. The highest BCUT2D eigenvalue weighted by atomic mass is 19.1. The van der Waals surface area contributed by atoms with Crippen molar-refractivity contribution in [3.63, 3.8) is 0 Å². The molecule has 1 aromatic heterocycles. The molecule has 0 saturated carbocycles. The predicted octanol–water partition coefficient (Wildman–Crippen LogP) is 2.12. The Bertz CT molecular complexity index is 305. The van der Waals surface area contributed by atoms with Crippen LogP contribution in [0.5, 0.6) is 5.88 Å². The highest BCUT2D eigenvalue weighted by molar-refractivity contribution is 5.26. The number of nitrogens with zero attached hydrogens (tertiary/aromatic N) is 1. The summed E-state index contributed by atoms with van der Waals surface area (Å²) in [4.78, 5) is 3.93. The third kappa shape index (κ3) is 3.83.